The molecule has 1 N–H and O–H groups in total. The van der Waals surface area contributed by atoms with Crippen LogP contribution in [0, 0.1) is 5.41 Å². The summed E-state index contributed by atoms with van der Waals surface area (Å²) < 4.78 is 0. The molecule has 0 atom stereocenters. The minimum absolute atomic E-state index is 0.534. The Hall–Kier alpha value is -1.54. The predicted molar refractivity (Wildman–Crippen MR) is 66.1 cm³/mol. The van der Waals surface area contributed by atoms with E-state index in [1.54, 1.807) is 0 Å². The van der Waals surface area contributed by atoms with Crippen molar-refractivity contribution in [3.8, 4) is 0 Å². The van der Waals surface area contributed by atoms with Gasteiger partial charge in [0.2, 0.25) is 0 Å². The predicted octanol–water partition coefficient (Wildman–Crippen LogP) is 3.39. The van der Waals surface area contributed by atoms with Gasteiger partial charge in [-0.1, -0.05) is 42.5 Å². The summed E-state index contributed by atoms with van der Waals surface area (Å²) in [6, 6.07) is 17.4. The normalized spacial score (nSPS) is 9.93. The molecule has 0 saturated heterocycles. The van der Waals surface area contributed by atoms with Gasteiger partial charge in [0.05, 0.1) is 5.71 Å². The summed E-state index contributed by atoms with van der Waals surface area (Å²) in [4.78, 5) is 0.883. The van der Waals surface area contributed by atoms with Crippen LogP contribution in [0.1, 0.15) is 11.1 Å². The van der Waals surface area contributed by atoms with E-state index in [0.717, 1.165) is 16.0 Å². The third-order valence-corrected chi connectivity index (χ3v) is 2.48. The lowest BCUT2D eigenvalue weighted by atomic mass is 10.0. The standard InChI is InChI=1S/C13H11NS/c14-13(10-5-2-1-3-6-10)11-7-4-8-12(15)9-11/h1-9,14-15H. The van der Waals surface area contributed by atoms with Gasteiger partial charge in [0.15, 0.2) is 0 Å². The van der Waals surface area contributed by atoms with Crippen LogP contribution in [0.3, 0.4) is 0 Å². The highest BCUT2D eigenvalue weighted by atomic mass is 32.1. The first-order valence-corrected chi connectivity index (χ1v) is 5.15. The van der Waals surface area contributed by atoms with E-state index in [4.69, 9.17) is 5.41 Å². The Balaban J connectivity index is 2.37. The Kier molecular flexibility index (Phi) is 2.88. The summed E-state index contributed by atoms with van der Waals surface area (Å²) >= 11 is 4.26. The van der Waals surface area contributed by atoms with Gasteiger partial charge in [-0.2, -0.15) is 0 Å². The van der Waals surface area contributed by atoms with E-state index >= 15 is 0 Å². The zero-order valence-corrected chi connectivity index (χ0v) is 9.04. The minimum atomic E-state index is 0.534. The van der Waals surface area contributed by atoms with Crippen LogP contribution in [0.5, 0.6) is 0 Å². The van der Waals surface area contributed by atoms with Crippen LogP contribution in [0.4, 0.5) is 0 Å². The zero-order valence-electron chi connectivity index (χ0n) is 8.14. The molecule has 0 aliphatic heterocycles. The van der Waals surface area contributed by atoms with E-state index in [1.807, 2.05) is 54.6 Å². The van der Waals surface area contributed by atoms with Crippen LogP contribution in [0.15, 0.2) is 59.5 Å². The molecule has 0 amide bonds. The highest BCUT2D eigenvalue weighted by molar-refractivity contribution is 7.80. The largest absolute Gasteiger partial charge is 0.300 e. The van der Waals surface area contributed by atoms with Gasteiger partial charge >= 0.3 is 0 Å². The molecule has 0 aliphatic carbocycles. The number of hydrogen-bond acceptors (Lipinski definition) is 2. The number of nitrogens with one attached hydrogen (secondary N) is 1. The Morgan fingerprint density at radius 3 is 2.20 bits per heavy atom. The van der Waals surface area contributed by atoms with Crippen molar-refractivity contribution in [2.75, 3.05) is 0 Å². The second-order valence-corrected chi connectivity index (χ2v) is 3.81. The van der Waals surface area contributed by atoms with Crippen LogP contribution in [-0.4, -0.2) is 5.71 Å². The fourth-order valence-corrected chi connectivity index (χ4v) is 1.66. The monoisotopic (exact) mass is 213 g/mol. The van der Waals surface area contributed by atoms with Crippen LogP contribution in [-0.2, 0) is 0 Å². The second-order valence-electron chi connectivity index (χ2n) is 3.29. The van der Waals surface area contributed by atoms with Crippen LogP contribution in [0.2, 0.25) is 0 Å². The number of rotatable bonds is 2. The quantitative estimate of drug-likeness (QED) is 0.564. The van der Waals surface area contributed by atoms with Crippen molar-refractivity contribution in [1.82, 2.24) is 0 Å². The molecule has 2 heteroatoms. The topological polar surface area (TPSA) is 23.9 Å². The molecule has 0 radical (unpaired) electrons. The second kappa shape index (κ2) is 4.32. The van der Waals surface area contributed by atoms with E-state index in [9.17, 15) is 0 Å². The van der Waals surface area contributed by atoms with Crippen molar-refractivity contribution in [2.24, 2.45) is 0 Å². The molecule has 0 aliphatic rings. The summed E-state index contributed by atoms with van der Waals surface area (Å²) in [6.45, 7) is 0. The molecule has 2 aromatic carbocycles. The summed E-state index contributed by atoms with van der Waals surface area (Å²) in [7, 11) is 0. The molecule has 0 aromatic heterocycles. The van der Waals surface area contributed by atoms with Gasteiger partial charge in [-0.15, -0.1) is 12.6 Å². The molecule has 1 nitrogen and oxygen atoms in total. The molecular weight excluding hydrogens is 202 g/mol. The van der Waals surface area contributed by atoms with Crippen LogP contribution in [0.25, 0.3) is 0 Å². The van der Waals surface area contributed by atoms with Gasteiger partial charge in [-0.25, -0.2) is 0 Å². The first-order chi connectivity index (χ1) is 7.27. The highest BCUT2D eigenvalue weighted by Crippen LogP contribution is 2.13. The molecule has 74 valence electrons. The van der Waals surface area contributed by atoms with E-state index in [1.165, 1.54) is 0 Å². The summed E-state index contributed by atoms with van der Waals surface area (Å²) in [5.74, 6) is 0. The maximum Gasteiger partial charge on any atom is 0.0684 e. The van der Waals surface area contributed by atoms with Gasteiger partial charge in [0.25, 0.3) is 0 Å². The lowest BCUT2D eigenvalue weighted by Gasteiger charge is -2.04. The molecule has 0 bridgehead atoms. The Bertz CT molecular complexity index is 477. The highest BCUT2D eigenvalue weighted by Gasteiger charge is 2.03. The van der Waals surface area contributed by atoms with Crippen molar-refractivity contribution < 1.29 is 0 Å². The average molecular weight is 213 g/mol. The third kappa shape index (κ3) is 2.28. The first kappa shape index (κ1) is 9.99. The Morgan fingerprint density at radius 1 is 0.867 bits per heavy atom. The SMILES string of the molecule is N=C(c1ccccc1)c1cccc(S)c1. The first-order valence-electron chi connectivity index (χ1n) is 4.71. The van der Waals surface area contributed by atoms with E-state index in [-0.39, 0.29) is 0 Å². The fourth-order valence-electron chi connectivity index (χ4n) is 1.43. The van der Waals surface area contributed by atoms with Gasteiger partial charge in [0, 0.05) is 10.5 Å². The maximum atomic E-state index is 8.03. The van der Waals surface area contributed by atoms with E-state index < -0.39 is 0 Å². The fraction of sp³-hybridized carbons (Fsp3) is 0. The van der Waals surface area contributed by atoms with Crippen LogP contribution < -0.4 is 0 Å². The molecule has 0 saturated carbocycles. The van der Waals surface area contributed by atoms with Crippen molar-refractivity contribution in [2.45, 2.75) is 4.90 Å². The van der Waals surface area contributed by atoms with E-state index in [0.29, 0.717) is 5.71 Å². The van der Waals surface area contributed by atoms with Crippen molar-refractivity contribution in [3.05, 3.63) is 65.7 Å². The smallest absolute Gasteiger partial charge is 0.0684 e. The molecule has 15 heavy (non-hydrogen) atoms. The van der Waals surface area contributed by atoms with E-state index in [2.05, 4.69) is 12.6 Å². The minimum Gasteiger partial charge on any atom is -0.300 e. The molecule has 0 unspecified atom stereocenters. The Morgan fingerprint density at radius 2 is 1.53 bits per heavy atom. The molecule has 2 rings (SSSR count). The number of benzene rings is 2. The third-order valence-electron chi connectivity index (χ3n) is 2.20. The molecule has 0 heterocycles. The number of hydrogen-bond donors (Lipinski definition) is 2. The zero-order chi connectivity index (χ0) is 10.7. The van der Waals surface area contributed by atoms with Crippen LogP contribution >= 0.6 is 12.6 Å². The Labute approximate surface area is 94.7 Å². The van der Waals surface area contributed by atoms with Crippen molar-refractivity contribution >= 4 is 18.3 Å². The van der Waals surface area contributed by atoms with Gasteiger partial charge < -0.3 is 0 Å². The maximum absolute atomic E-state index is 8.03. The lowest BCUT2D eigenvalue weighted by Crippen LogP contribution is -2.00. The van der Waals surface area contributed by atoms with Gasteiger partial charge in [-0.3, -0.25) is 5.41 Å². The average Bonchev–Trinajstić information content (AvgIpc) is 2.29. The number of thiol groups is 1. The molecule has 0 fully saturated rings. The summed E-state index contributed by atoms with van der Waals surface area (Å²) in [6.07, 6.45) is 0. The molecule has 2 aromatic rings. The lowest BCUT2D eigenvalue weighted by molar-refractivity contribution is 1.40. The van der Waals surface area contributed by atoms with Gasteiger partial charge in [0.1, 0.15) is 0 Å². The summed E-state index contributed by atoms with van der Waals surface area (Å²) in [5.41, 5.74) is 2.36. The summed E-state index contributed by atoms with van der Waals surface area (Å²) in [5, 5.41) is 8.03. The van der Waals surface area contributed by atoms with Crippen molar-refractivity contribution in [3.63, 3.8) is 0 Å². The van der Waals surface area contributed by atoms with Crippen molar-refractivity contribution in [1.29, 1.82) is 5.41 Å². The van der Waals surface area contributed by atoms with Gasteiger partial charge in [-0.05, 0) is 17.7 Å². The molecule has 0 spiro atoms. The molecular formula is C13H11NS.